The second kappa shape index (κ2) is 10.6. The summed E-state index contributed by atoms with van der Waals surface area (Å²) in [6.45, 7) is -0.0626. The van der Waals surface area contributed by atoms with Crippen LogP contribution in [0.2, 0.25) is 0 Å². The van der Waals surface area contributed by atoms with E-state index < -0.39 is 22.0 Å². The van der Waals surface area contributed by atoms with Crippen molar-refractivity contribution in [3.63, 3.8) is 0 Å². The summed E-state index contributed by atoms with van der Waals surface area (Å²) in [5, 5.41) is 18.3. The van der Waals surface area contributed by atoms with E-state index in [2.05, 4.69) is 20.0 Å². The van der Waals surface area contributed by atoms with Gasteiger partial charge >= 0.3 is 0 Å². The molecule has 1 atom stereocenters. The molecule has 0 spiro atoms. The van der Waals surface area contributed by atoms with E-state index in [0.29, 0.717) is 12.1 Å². The standard InChI is InChI=1S/C25H24N6O4S2/c32-24(29-33)13-20(12-18-14-26-22-9-5-4-8-21(18)22)31-16-19(28-30-31)15-27-37(34,35)25-11-10-23(36-25)17-6-2-1-3-7-17/h1-11,14,16,20,26-27,33H,12-13,15H2,(H,29,32). The molecule has 190 valence electrons. The van der Waals surface area contributed by atoms with Crippen molar-refractivity contribution < 1.29 is 18.4 Å². The molecule has 0 fully saturated rings. The minimum absolute atomic E-state index is 0.0397. The average molecular weight is 537 g/mol. The van der Waals surface area contributed by atoms with Gasteiger partial charge in [0.1, 0.15) is 4.21 Å². The number of hydroxylamine groups is 1. The fraction of sp³-hybridized carbons (Fsp3) is 0.160. The Labute approximate surface area is 217 Å². The third-order valence-electron chi connectivity index (χ3n) is 5.96. The molecule has 37 heavy (non-hydrogen) atoms. The Bertz CT molecular complexity index is 1620. The maximum atomic E-state index is 12.9. The number of amides is 1. The normalized spacial score (nSPS) is 12.6. The van der Waals surface area contributed by atoms with Crippen LogP contribution in [0.3, 0.4) is 0 Å². The minimum Gasteiger partial charge on any atom is -0.361 e. The molecular formula is C25H24N6O4S2. The van der Waals surface area contributed by atoms with Crippen LogP contribution in [0.4, 0.5) is 0 Å². The molecule has 5 rings (SSSR count). The van der Waals surface area contributed by atoms with Crippen LogP contribution in [-0.2, 0) is 27.8 Å². The fourth-order valence-electron chi connectivity index (χ4n) is 4.11. The predicted molar refractivity (Wildman–Crippen MR) is 139 cm³/mol. The summed E-state index contributed by atoms with van der Waals surface area (Å²) < 4.78 is 30.0. The van der Waals surface area contributed by atoms with Crippen molar-refractivity contribution in [1.82, 2.24) is 30.2 Å². The first-order chi connectivity index (χ1) is 17.9. The van der Waals surface area contributed by atoms with Crippen molar-refractivity contribution in [3.05, 3.63) is 90.4 Å². The fourth-order valence-corrected chi connectivity index (χ4v) is 6.46. The number of fused-ring (bicyclic) bond motifs is 1. The number of carbonyl (C=O) groups excluding carboxylic acids is 1. The Balaban J connectivity index is 1.30. The molecule has 2 aromatic carbocycles. The molecule has 1 amide bonds. The number of carbonyl (C=O) groups is 1. The van der Waals surface area contributed by atoms with Gasteiger partial charge in [-0.3, -0.25) is 10.0 Å². The molecule has 4 N–H and O–H groups in total. The molecule has 0 aliphatic rings. The molecule has 1 unspecified atom stereocenters. The summed E-state index contributed by atoms with van der Waals surface area (Å²) in [6.07, 6.45) is 3.90. The summed E-state index contributed by atoms with van der Waals surface area (Å²) in [7, 11) is -3.75. The number of nitrogens with one attached hydrogen (secondary N) is 3. The molecular weight excluding hydrogens is 512 g/mol. The van der Waals surface area contributed by atoms with E-state index in [1.807, 2.05) is 60.8 Å². The molecule has 10 nitrogen and oxygen atoms in total. The van der Waals surface area contributed by atoms with Crippen molar-refractivity contribution >= 4 is 38.2 Å². The number of thiophene rings is 1. The number of aromatic nitrogens is 4. The summed E-state index contributed by atoms with van der Waals surface area (Å²) >= 11 is 1.19. The highest BCUT2D eigenvalue weighted by atomic mass is 32.2. The van der Waals surface area contributed by atoms with Crippen LogP contribution in [-0.4, -0.2) is 39.5 Å². The van der Waals surface area contributed by atoms with Crippen LogP contribution < -0.4 is 10.2 Å². The van der Waals surface area contributed by atoms with Gasteiger partial charge in [-0.1, -0.05) is 53.7 Å². The van der Waals surface area contributed by atoms with Crippen molar-refractivity contribution in [1.29, 1.82) is 0 Å². The Morgan fingerprint density at radius 3 is 2.68 bits per heavy atom. The van der Waals surface area contributed by atoms with E-state index in [-0.39, 0.29) is 17.2 Å². The first-order valence-corrected chi connectivity index (χ1v) is 13.8. The van der Waals surface area contributed by atoms with Gasteiger partial charge in [-0.25, -0.2) is 23.3 Å². The Morgan fingerprint density at radius 1 is 1.08 bits per heavy atom. The number of para-hydroxylation sites is 1. The van der Waals surface area contributed by atoms with Gasteiger partial charge in [-0.15, -0.1) is 16.4 Å². The number of hydrogen-bond acceptors (Lipinski definition) is 7. The molecule has 3 aromatic heterocycles. The summed E-state index contributed by atoms with van der Waals surface area (Å²) in [4.78, 5) is 16.1. The highest BCUT2D eigenvalue weighted by molar-refractivity contribution is 7.91. The van der Waals surface area contributed by atoms with Crippen LogP contribution in [0, 0.1) is 0 Å². The molecule has 0 saturated carbocycles. The van der Waals surface area contributed by atoms with E-state index >= 15 is 0 Å². The van der Waals surface area contributed by atoms with Crippen LogP contribution in [0.5, 0.6) is 0 Å². The second-order valence-electron chi connectivity index (χ2n) is 8.46. The van der Waals surface area contributed by atoms with Gasteiger partial charge in [-0.2, -0.15) is 0 Å². The van der Waals surface area contributed by atoms with Crippen LogP contribution >= 0.6 is 11.3 Å². The minimum atomic E-state index is -3.75. The van der Waals surface area contributed by atoms with Gasteiger partial charge in [0.15, 0.2) is 0 Å². The Hall–Kier alpha value is -3.84. The molecule has 0 radical (unpaired) electrons. The third kappa shape index (κ3) is 5.62. The monoisotopic (exact) mass is 536 g/mol. The highest BCUT2D eigenvalue weighted by Crippen LogP contribution is 2.30. The average Bonchev–Trinajstić information content (AvgIpc) is 3.68. The predicted octanol–water partition coefficient (Wildman–Crippen LogP) is 3.65. The van der Waals surface area contributed by atoms with E-state index in [0.717, 1.165) is 26.9 Å². The first-order valence-electron chi connectivity index (χ1n) is 11.5. The van der Waals surface area contributed by atoms with Crippen molar-refractivity contribution in [3.8, 4) is 10.4 Å². The number of H-pyrrole nitrogens is 1. The lowest BCUT2D eigenvalue weighted by atomic mass is 10.0. The van der Waals surface area contributed by atoms with Gasteiger partial charge in [0.2, 0.25) is 15.9 Å². The van der Waals surface area contributed by atoms with Gasteiger partial charge in [-0.05, 0) is 35.7 Å². The third-order valence-corrected chi connectivity index (χ3v) is 8.98. The van der Waals surface area contributed by atoms with Gasteiger partial charge in [0, 0.05) is 22.0 Å². The topological polar surface area (TPSA) is 142 Å². The van der Waals surface area contributed by atoms with Gasteiger partial charge in [0.05, 0.1) is 30.9 Å². The molecule has 0 aliphatic heterocycles. The van der Waals surface area contributed by atoms with Crippen molar-refractivity contribution in [2.45, 2.75) is 29.6 Å². The number of hydrogen-bond donors (Lipinski definition) is 4. The van der Waals surface area contributed by atoms with E-state index in [1.165, 1.54) is 16.0 Å². The lowest BCUT2D eigenvalue weighted by molar-refractivity contribution is -0.130. The maximum Gasteiger partial charge on any atom is 0.250 e. The lowest BCUT2D eigenvalue weighted by Gasteiger charge is -2.15. The van der Waals surface area contributed by atoms with Crippen molar-refractivity contribution in [2.24, 2.45) is 0 Å². The largest absolute Gasteiger partial charge is 0.361 e. The van der Waals surface area contributed by atoms with Crippen LogP contribution in [0.25, 0.3) is 21.3 Å². The maximum absolute atomic E-state index is 12.9. The molecule has 3 heterocycles. The zero-order valence-corrected chi connectivity index (χ0v) is 21.2. The quantitative estimate of drug-likeness (QED) is 0.159. The number of aromatic amines is 1. The number of rotatable bonds is 10. The molecule has 12 heteroatoms. The van der Waals surface area contributed by atoms with Crippen LogP contribution in [0.1, 0.15) is 23.7 Å². The number of nitrogens with zero attached hydrogens (tertiary/aromatic N) is 3. The molecule has 0 saturated heterocycles. The number of benzene rings is 2. The second-order valence-corrected chi connectivity index (χ2v) is 11.5. The molecule has 5 aromatic rings. The van der Waals surface area contributed by atoms with Gasteiger partial charge < -0.3 is 4.98 Å². The lowest BCUT2D eigenvalue weighted by Crippen LogP contribution is -2.25. The van der Waals surface area contributed by atoms with Gasteiger partial charge in [0.25, 0.3) is 0 Å². The SMILES string of the molecule is O=C(CC(Cc1c[nH]c2ccccc12)n1cc(CNS(=O)(=O)c2ccc(-c3ccccc3)s2)nn1)NO. The zero-order chi connectivity index (χ0) is 25.8. The van der Waals surface area contributed by atoms with E-state index in [9.17, 15) is 13.2 Å². The van der Waals surface area contributed by atoms with Crippen molar-refractivity contribution in [2.75, 3.05) is 0 Å². The molecule has 0 aliphatic carbocycles. The Morgan fingerprint density at radius 2 is 1.86 bits per heavy atom. The smallest absolute Gasteiger partial charge is 0.250 e. The first kappa shape index (κ1) is 24.8. The van der Waals surface area contributed by atoms with E-state index in [1.54, 1.807) is 23.8 Å². The molecule has 0 bridgehead atoms. The summed E-state index contributed by atoms with van der Waals surface area (Å²) in [5.74, 6) is -0.561. The van der Waals surface area contributed by atoms with Crippen LogP contribution in [0.15, 0.2) is 83.3 Å². The number of sulfonamides is 1. The Kier molecular flexibility index (Phi) is 7.15. The summed E-state index contributed by atoms with van der Waals surface area (Å²) in [6, 6.07) is 20.3. The highest BCUT2D eigenvalue weighted by Gasteiger charge is 2.22. The zero-order valence-electron chi connectivity index (χ0n) is 19.5. The summed E-state index contributed by atoms with van der Waals surface area (Å²) in [5.41, 5.74) is 4.97. The van der Waals surface area contributed by atoms with E-state index in [4.69, 9.17) is 5.21 Å².